The van der Waals surface area contributed by atoms with Gasteiger partial charge in [-0.05, 0) is 26.2 Å². The Morgan fingerprint density at radius 1 is 1.70 bits per heavy atom. The molecule has 0 bridgehead atoms. The largest absolute Gasteiger partial charge is 0.354 e. The van der Waals surface area contributed by atoms with Crippen molar-refractivity contribution in [2.45, 2.75) is 31.9 Å². The van der Waals surface area contributed by atoms with Crippen LogP contribution in [0.25, 0.3) is 0 Å². The van der Waals surface area contributed by atoms with Gasteiger partial charge in [-0.15, -0.1) is 0 Å². The fraction of sp³-hybridized carbons (Fsp3) is 0.857. The molecule has 58 valence electrons. The number of hydrogen-bond acceptors (Lipinski definition) is 1. The minimum Gasteiger partial charge on any atom is -0.354 e. The first-order valence-corrected chi connectivity index (χ1v) is 3.66. The molecule has 3 heteroatoms. The molecule has 1 aliphatic rings. The van der Waals surface area contributed by atoms with Crippen LogP contribution < -0.4 is 5.32 Å². The van der Waals surface area contributed by atoms with Crippen molar-refractivity contribution in [2.75, 3.05) is 6.54 Å². The Kier molecular flexibility index (Phi) is 1.92. The number of hydrogen-bond donors (Lipinski definition) is 1. The van der Waals surface area contributed by atoms with E-state index in [0.717, 1.165) is 6.42 Å². The molecule has 1 N–H and O–H groups in total. The molecule has 2 nitrogen and oxygen atoms in total. The quantitative estimate of drug-likeness (QED) is 0.617. The highest BCUT2D eigenvalue weighted by atomic mass is 19.1. The number of rotatable bonds is 2. The Bertz CT molecular complexity index is 143. The van der Waals surface area contributed by atoms with E-state index in [9.17, 15) is 9.18 Å². The van der Waals surface area contributed by atoms with Gasteiger partial charge in [0.15, 0.2) is 5.67 Å². The van der Waals surface area contributed by atoms with Crippen LogP contribution in [0.2, 0.25) is 0 Å². The van der Waals surface area contributed by atoms with Crippen LogP contribution in [0.15, 0.2) is 0 Å². The zero-order chi connectivity index (χ0) is 7.61. The molecular formula is C7H12FNO. The number of nitrogens with one attached hydrogen (secondary N) is 1. The second kappa shape index (κ2) is 2.56. The maximum atomic E-state index is 13.1. The van der Waals surface area contributed by atoms with E-state index in [1.165, 1.54) is 0 Å². The van der Waals surface area contributed by atoms with Crippen LogP contribution in [0.5, 0.6) is 0 Å². The average Bonchev–Trinajstić information content (AvgIpc) is 1.83. The lowest BCUT2D eigenvalue weighted by molar-refractivity contribution is -0.138. The number of carbonyl (C=O) groups is 1. The van der Waals surface area contributed by atoms with Crippen molar-refractivity contribution >= 4 is 5.91 Å². The molecule has 0 unspecified atom stereocenters. The normalized spacial score (nSPS) is 21.4. The molecule has 1 fully saturated rings. The van der Waals surface area contributed by atoms with Crippen molar-refractivity contribution in [3.8, 4) is 0 Å². The van der Waals surface area contributed by atoms with Crippen LogP contribution in [0.1, 0.15) is 26.2 Å². The van der Waals surface area contributed by atoms with Crippen LogP contribution in [-0.2, 0) is 4.79 Å². The molecule has 0 saturated heterocycles. The Balaban J connectivity index is 2.39. The predicted molar refractivity (Wildman–Crippen MR) is 36.4 cm³/mol. The predicted octanol–water partition coefficient (Wildman–Crippen LogP) is 1.01. The SMILES string of the molecule is CCNC(=O)C1(F)CCC1. The third-order valence-electron chi connectivity index (χ3n) is 1.89. The molecule has 0 atom stereocenters. The maximum absolute atomic E-state index is 13.1. The van der Waals surface area contributed by atoms with Gasteiger partial charge in [-0.25, -0.2) is 4.39 Å². The summed E-state index contributed by atoms with van der Waals surface area (Å²) >= 11 is 0. The van der Waals surface area contributed by atoms with Gasteiger partial charge in [0.05, 0.1) is 0 Å². The van der Waals surface area contributed by atoms with Gasteiger partial charge in [0.2, 0.25) is 0 Å². The highest BCUT2D eigenvalue weighted by Gasteiger charge is 2.44. The van der Waals surface area contributed by atoms with E-state index in [2.05, 4.69) is 5.32 Å². The molecule has 1 aliphatic carbocycles. The first-order chi connectivity index (χ1) is 4.69. The summed E-state index contributed by atoms with van der Waals surface area (Å²) in [5.41, 5.74) is -1.52. The first kappa shape index (κ1) is 7.51. The summed E-state index contributed by atoms with van der Waals surface area (Å²) in [7, 11) is 0. The van der Waals surface area contributed by atoms with Crippen molar-refractivity contribution < 1.29 is 9.18 Å². The lowest BCUT2D eigenvalue weighted by atomic mass is 9.81. The van der Waals surface area contributed by atoms with Crippen LogP contribution in [0.4, 0.5) is 4.39 Å². The summed E-state index contributed by atoms with van der Waals surface area (Å²) in [6.45, 7) is 2.31. The number of halogens is 1. The third-order valence-corrected chi connectivity index (χ3v) is 1.89. The summed E-state index contributed by atoms with van der Waals surface area (Å²) in [4.78, 5) is 10.9. The Labute approximate surface area is 59.8 Å². The van der Waals surface area contributed by atoms with Gasteiger partial charge in [-0.3, -0.25) is 4.79 Å². The molecule has 0 radical (unpaired) electrons. The fourth-order valence-corrected chi connectivity index (χ4v) is 1.03. The summed E-state index contributed by atoms with van der Waals surface area (Å²) < 4.78 is 13.1. The van der Waals surface area contributed by atoms with Gasteiger partial charge in [-0.1, -0.05) is 0 Å². The summed E-state index contributed by atoms with van der Waals surface area (Å²) in [5, 5.41) is 2.47. The smallest absolute Gasteiger partial charge is 0.257 e. The van der Waals surface area contributed by atoms with Crippen molar-refractivity contribution in [2.24, 2.45) is 0 Å². The Hall–Kier alpha value is -0.600. The summed E-state index contributed by atoms with van der Waals surface area (Å²) in [6, 6.07) is 0. The van der Waals surface area contributed by atoms with E-state index in [4.69, 9.17) is 0 Å². The molecule has 1 saturated carbocycles. The first-order valence-electron chi connectivity index (χ1n) is 3.66. The molecule has 0 aromatic heterocycles. The van der Waals surface area contributed by atoms with E-state index in [-0.39, 0.29) is 0 Å². The van der Waals surface area contributed by atoms with Crippen LogP contribution in [0.3, 0.4) is 0 Å². The molecule has 0 aromatic rings. The van der Waals surface area contributed by atoms with Crippen molar-refractivity contribution in [3.63, 3.8) is 0 Å². The second-order valence-corrected chi connectivity index (χ2v) is 2.68. The monoisotopic (exact) mass is 145 g/mol. The maximum Gasteiger partial charge on any atom is 0.257 e. The second-order valence-electron chi connectivity index (χ2n) is 2.68. The minimum atomic E-state index is -1.52. The summed E-state index contributed by atoms with van der Waals surface area (Å²) in [6.07, 6.45) is 1.64. The van der Waals surface area contributed by atoms with Gasteiger partial charge < -0.3 is 5.32 Å². The molecule has 0 aromatic carbocycles. The molecule has 0 spiro atoms. The molecule has 0 aliphatic heterocycles. The number of amides is 1. The topological polar surface area (TPSA) is 29.1 Å². The van der Waals surface area contributed by atoms with Crippen LogP contribution in [0, 0.1) is 0 Å². The van der Waals surface area contributed by atoms with Gasteiger partial charge in [0.25, 0.3) is 5.91 Å². The van der Waals surface area contributed by atoms with Crippen molar-refractivity contribution in [1.82, 2.24) is 5.32 Å². The van der Waals surface area contributed by atoms with E-state index in [0.29, 0.717) is 19.4 Å². The lowest BCUT2D eigenvalue weighted by Gasteiger charge is -2.31. The molecule has 1 rings (SSSR count). The average molecular weight is 145 g/mol. The van der Waals surface area contributed by atoms with E-state index in [1.807, 2.05) is 0 Å². The highest BCUT2D eigenvalue weighted by molar-refractivity contribution is 5.85. The third kappa shape index (κ3) is 1.13. The zero-order valence-corrected chi connectivity index (χ0v) is 6.11. The molecule has 10 heavy (non-hydrogen) atoms. The van der Waals surface area contributed by atoms with Gasteiger partial charge in [0, 0.05) is 6.54 Å². The zero-order valence-electron chi connectivity index (χ0n) is 6.11. The van der Waals surface area contributed by atoms with Crippen LogP contribution in [-0.4, -0.2) is 18.1 Å². The Morgan fingerprint density at radius 2 is 2.30 bits per heavy atom. The van der Waals surface area contributed by atoms with Crippen molar-refractivity contribution in [3.05, 3.63) is 0 Å². The van der Waals surface area contributed by atoms with Gasteiger partial charge in [0.1, 0.15) is 0 Å². The van der Waals surface area contributed by atoms with E-state index >= 15 is 0 Å². The van der Waals surface area contributed by atoms with E-state index in [1.54, 1.807) is 6.92 Å². The summed E-state index contributed by atoms with van der Waals surface area (Å²) in [5.74, 6) is -0.429. The highest BCUT2D eigenvalue weighted by Crippen LogP contribution is 2.35. The molecule has 1 amide bonds. The standard InChI is InChI=1S/C7H12FNO/c1-2-9-6(10)7(8)4-3-5-7/h2-5H2,1H3,(H,9,10). The minimum absolute atomic E-state index is 0.402. The number of alkyl halides is 1. The Morgan fingerprint density at radius 3 is 2.60 bits per heavy atom. The lowest BCUT2D eigenvalue weighted by Crippen LogP contribution is -2.48. The van der Waals surface area contributed by atoms with Gasteiger partial charge in [-0.2, -0.15) is 0 Å². The van der Waals surface area contributed by atoms with Gasteiger partial charge >= 0.3 is 0 Å². The molecule has 0 heterocycles. The molecular weight excluding hydrogens is 133 g/mol. The van der Waals surface area contributed by atoms with E-state index < -0.39 is 11.6 Å². The number of carbonyl (C=O) groups excluding carboxylic acids is 1. The van der Waals surface area contributed by atoms with Crippen molar-refractivity contribution in [1.29, 1.82) is 0 Å². The fourth-order valence-electron chi connectivity index (χ4n) is 1.03. The van der Waals surface area contributed by atoms with Crippen LogP contribution >= 0.6 is 0 Å².